The molecule has 0 amide bonds. The number of hydrogen-bond acceptors (Lipinski definition) is 3. The summed E-state index contributed by atoms with van der Waals surface area (Å²) in [5.74, 6) is 0. The quantitative estimate of drug-likeness (QED) is 0.576. The van der Waals surface area contributed by atoms with Crippen molar-refractivity contribution in [3.63, 3.8) is 0 Å². The van der Waals surface area contributed by atoms with E-state index in [4.69, 9.17) is 5.11 Å². The fraction of sp³-hybridized carbons (Fsp3) is 0.562. The summed E-state index contributed by atoms with van der Waals surface area (Å²) in [5, 5.41) is 8.85. The Labute approximate surface area is 116 Å². The minimum absolute atomic E-state index is 0.0955. The molecular weight excluding hydrogens is 240 g/mol. The van der Waals surface area contributed by atoms with Crippen LogP contribution in [0.1, 0.15) is 51.5 Å². The third-order valence-corrected chi connectivity index (χ3v) is 2.64. The molecular formula is C16H26O3. The fourth-order valence-electron chi connectivity index (χ4n) is 1.57. The van der Waals surface area contributed by atoms with Crippen molar-refractivity contribution in [1.29, 1.82) is 0 Å². The lowest BCUT2D eigenvalue weighted by Crippen LogP contribution is -1.97. The smallest absolute Gasteiger partial charge is 0.293 e. The van der Waals surface area contributed by atoms with Crippen LogP contribution in [0.25, 0.3) is 0 Å². The topological polar surface area (TPSA) is 46.5 Å². The number of benzene rings is 1. The maximum atomic E-state index is 9.76. The second-order valence-corrected chi connectivity index (χ2v) is 4.59. The molecule has 0 aliphatic carbocycles. The van der Waals surface area contributed by atoms with Crippen molar-refractivity contribution in [2.75, 3.05) is 0 Å². The zero-order valence-corrected chi connectivity index (χ0v) is 12.0. The summed E-state index contributed by atoms with van der Waals surface area (Å²) in [6.45, 7) is 4.87. The fourth-order valence-corrected chi connectivity index (χ4v) is 1.57. The highest BCUT2D eigenvalue weighted by molar-refractivity contribution is 5.37. The Morgan fingerprint density at radius 1 is 1.21 bits per heavy atom. The molecule has 0 radical (unpaired) electrons. The monoisotopic (exact) mass is 266 g/mol. The Bertz CT molecular complexity index is 296. The number of carbonyl (C=O) groups is 1. The minimum atomic E-state index is -0.0955. The van der Waals surface area contributed by atoms with E-state index < -0.39 is 0 Å². The molecule has 3 nitrogen and oxygen atoms in total. The highest BCUT2D eigenvalue weighted by Crippen LogP contribution is 2.04. The van der Waals surface area contributed by atoms with Gasteiger partial charge in [0.05, 0.1) is 6.10 Å². The number of aliphatic hydroxyl groups excluding tert-OH is 1. The van der Waals surface area contributed by atoms with Crippen molar-refractivity contribution in [3.05, 3.63) is 35.9 Å². The summed E-state index contributed by atoms with van der Waals surface area (Å²) in [7, 11) is 0. The summed E-state index contributed by atoms with van der Waals surface area (Å²) in [6, 6.07) is 9.55. The maximum absolute atomic E-state index is 9.76. The van der Waals surface area contributed by atoms with Crippen LogP contribution < -0.4 is 0 Å². The van der Waals surface area contributed by atoms with Gasteiger partial charge in [-0.2, -0.15) is 0 Å². The van der Waals surface area contributed by atoms with E-state index in [-0.39, 0.29) is 6.10 Å². The van der Waals surface area contributed by atoms with E-state index in [1.54, 1.807) is 0 Å². The highest BCUT2D eigenvalue weighted by Gasteiger charge is 1.93. The largest absolute Gasteiger partial charge is 0.463 e. The first kappa shape index (κ1) is 17.6. The minimum Gasteiger partial charge on any atom is -0.463 e. The molecule has 0 saturated carbocycles. The molecule has 19 heavy (non-hydrogen) atoms. The maximum Gasteiger partial charge on any atom is 0.293 e. The summed E-state index contributed by atoms with van der Waals surface area (Å²) in [6.07, 6.45) is 5.93. The first-order valence-electron chi connectivity index (χ1n) is 6.98. The van der Waals surface area contributed by atoms with Gasteiger partial charge >= 0.3 is 0 Å². The molecule has 0 fully saturated rings. The first-order valence-corrected chi connectivity index (χ1v) is 6.98. The van der Waals surface area contributed by atoms with Crippen LogP contribution >= 0.6 is 0 Å². The van der Waals surface area contributed by atoms with Crippen LogP contribution in [0.5, 0.6) is 0 Å². The SMILES string of the molecule is CCCCCCC(C)O.O=COCc1ccccc1. The van der Waals surface area contributed by atoms with Crippen molar-refractivity contribution < 1.29 is 14.6 Å². The van der Waals surface area contributed by atoms with Crippen molar-refractivity contribution in [2.24, 2.45) is 0 Å². The summed E-state index contributed by atoms with van der Waals surface area (Å²) in [5.41, 5.74) is 1.01. The van der Waals surface area contributed by atoms with Crippen LogP contribution in [-0.2, 0) is 16.1 Å². The lowest BCUT2D eigenvalue weighted by molar-refractivity contribution is -0.129. The molecule has 0 aliphatic rings. The zero-order valence-electron chi connectivity index (χ0n) is 12.0. The van der Waals surface area contributed by atoms with E-state index in [0.29, 0.717) is 13.1 Å². The molecule has 0 aromatic heterocycles. The summed E-state index contributed by atoms with van der Waals surface area (Å²) < 4.78 is 4.54. The Hall–Kier alpha value is -1.35. The molecule has 108 valence electrons. The molecule has 3 heteroatoms. The molecule has 1 N–H and O–H groups in total. The predicted octanol–water partition coefficient (Wildman–Crippen LogP) is 3.70. The summed E-state index contributed by atoms with van der Waals surface area (Å²) >= 11 is 0. The van der Waals surface area contributed by atoms with Gasteiger partial charge in [-0.25, -0.2) is 0 Å². The van der Waals surface area contributed by atoms with Gasteiger partial charge in [-0.3, -0.25) is 4.79 Å². The van der Waals surface area contributed by atoms with Gasteiger partial charge in [0, 0.05) is 0 Å². The van der Waals surface area contributed by atoms with Gasteiger partial charge in [-0.05, 0) is 18.9 Å². The van der Waals surface area contributed by atoms with Crippen molar-refractivity contribution in [2.45, 2.75) is 58.7 Å². The molecule has 0 bridgehead atoms. The van der Waals surface area contributed by atoms with Gasteiger partial charge in [0.1, 0.15) is 6.61 Å². The number of hydrogen-bond donors (Lipinski definition) is 1. The average Bonchev–Trinajstić information content (AvgIpc) is 2.43. The van der Waals surface area contributed by atoms with E-state index in [1.165, 1.54) is 25.7 Å². The number of aliphatic hydroxyl groups is 1. The third kappa shape index (κ3) is 12.9. The van der Waals surface area contributed by atoms with Crippen LogP contribution in [-0.4, -0.2) is 17.7 Å². The lowest BCUT2D eigenvalue weighted by atomic mass is 10.1. The molecule has 1 rings (SSSR count). The Morgan fingerprint density at radius 2 is 1.89 bits per heavy atom. The number of rotatable bonds is 8. The molecule has 1 unspecified atom stereocenters. The van der Waals surface area contributed by atoms with Crippen LogP contribution in [0.2, 0.25) is 0 Å². The molecule has 0 saturated heterocycles. The second-order valence-electron chi connectivity index (χ2n) is 4.59. The normalized spacial score (nSPS) is 11.1. The van der Waals surface area contributed by atoms with E-state index >= 15 is 0 Å². The van der Waals surface area contributed by atoms with Gasteiger partial charge in [-0.15, -0.1) is 0 Å². The van der Waals surface area contributed by atoms with Gasteiger partial charge in [0.15, 0.2) is 0 Å². The molecule has 0 spiro atoms. The molecule has 1 atom stereocenters. The molecule has 0 aliphatic heterocycles. The number of carbonyl (C=O) groups excluding carboxylic acids is 1. The first-order chi connectivity index (χ1) is 9.20. The molecule has 1 aromatic carbocycles. The van der Waals surface area contributed by atoms with Crippen LogP contribution in [0.15, 0.2) is 30.3 Å². The summed E-state index contributed by atoms with van der Waals surface area (Å²) in [4.78, 5) is 9.76. The van der Waals surface area contributed by atoms with Gasteiger partial charge in [-0.1, -0.05) is 62.9 Å². The molecule has 0 heterocycles. The number of unbranched alkanes of at least 4 members (excludes halogenated alkanes) is 3. The third-order valence-electron chi connectivity index (χ3n) is 2.64. The lowest BCUT2D eigenvalue weighted by Gasteiger charge is -2.01. The van der Waals surface area contributed by atoms with Gasteiger partial charge in [0.2, 0.25) is 0 Å². The average molecular weight is 266 g/mol. The zero-order chi connectivity index (χ0) is 14.3. The van der Waals surface area contributed by atoms with Crippen molar-refractivity contribution in [3.8, 4) is 0 Å². The van der Waals surface area contributed by atoms with Crippen LogP contribution in [0, 0.1) is 0 Å². The van der Waals surface area contributed by atoms with Gasteiger partial charge < -0.3 is 9.84 Å². The van der Waals surface area contributed by atoms with E-state index in [0.717, 1.165) is 12.0 Å². The van der Waals surface area contributed by atoms with Crippen LogP contribution in [0.3, 0.4) is 0 Å². The Morgan fingerprint density at radius 3 is 2.42 bits per heavy atom. The molecule has 1 aromatic rings. The predicted molar refractivity (Wildman–Crippen MR) is 77.7 cm³/mol. The van der Waals surface area contributed by atoms with E-state index in [2.05, 4.69) is 11.7 Å². The van der Waals surface area contributed by atoms with E-state index in [1.807, 2.05) is 37.3 Å². The highest BCUT2D eigenvalue weighted by atomic mass is 16.5. The second kappa shape index (κ2) is 13.1. The van der Waals surface area contributed by atoms with Gasteiger partial charge in [0.25, 0.3) is 6.47 Å². The van der Waals surface area contributed by atoms with E-state index in [9.17, 15) is 4.79 Å². The Balaban J connectivity index is 0.000000344. The number of ether oxygens (including phenoxy) is 1. The Kier molecular flexibility index (Phi) is 12.2. The van der Waals surface area contributed by atoms with Crippen molar-refractivity contribution in [1.82, 2.24) is 0 Å². The van der Waals surface area contributed by atoms with Crippen molar-refractivity contribution >= 4 is 6.47 Å². The van der Waals surface area contributed by atoms with Crippen LogP contribution in [0.4, 0.5) is 0 Å². The standard InChI is InChI=1S/C8H8O2.C8H18O/c9-7-10-6-8-4-2-1-3-5-8;1-3-4-5-6-7-8(2)9/h1-5,7H,6H2;8-9H,3-7H2,1-2H3.